The lowest BCUT2D eigenvalue weighted by molar-refractivity contribution is 0.289. The van der Waals surface area contributed by atoms with E-state index in [0.29, 0.717) is 6.54 Å². The molecule has 1 saturated heterocycles. The van der Waals surface area contributed by atoms with Crippen LogP contribution < -0.4 is 10.6 Å². The highest BCUT2D eigenvalue weighted by atomic mass is 127. The zero-order valence-corrected chi connectivity index (χ0v) is 15.9. The van der Waals surface area contributed by atoms with Crippen LogP contribution in [-0.4, -0.2) is 58.9 Å². The van der Waals surface area contributed by atoms with Gasteiger partial charge in [0.15, 0.2) is 5.96 Å². The third-order valence-electron chi connectivity index (χ3n) is 3.86. The SMILES string of the molecule is CN=C(NCCN1CCCCCC1)NCc1ncnn1C.I. The number of aromatic nitrogens is 3. The Balaban J connectivity index is 0.00000242. The second-order valence-electron chi connectivity index (χ2n) is 5.41. The molecule has 8 heteroatoms. The molecule has 126 valence electrons. The van der Waals surface area contributed by atoms with E-state index in [2.05, 4.69) is 30.6 Å². The number of guanidine groups is 1. The molecule has 0 unspecified atom stereocenters. The van der Waals surface area contributed by atoms with Crippen LogP contribution in [0.1, 0.15) is 31.5 Å². The molecule has 0 atom stereocenters. The smallest absolute Gasteiger partial charge is 0.191 e. The molecule has 0 aromatic carbocycles. The summed E-state index contributed by atoms with van der Waals surface area (Å²) in [7, 11) is 3.68. The molecule has 2 rings (SSSR count). The fourth-order valence-electron chi connectivity index (χ4n) is 2.56. The summed E-state index contributed by atoms with van der Waals surface area (Å²) in [6.45, 7) is 5.07. The molecule has 0 bridgehead atoms. The Labute approximate surface area is 150 Å². The van der Waals surface area contributed by atoms with Crippen molar-refractivity contribution in [3.05, 3.63) is 12.2 Å². The van der Waals surface area contributed by atoms with Gasteiger partial charge in [-0.15, -0.1) is 24.0 Å². The van der Waals surface area contributed by atoms with E-state index in [1.54, 1.807) is 18.1 Å². The van der Waals surface area contributed by atoms with Crippen LogP contribution in [0.15, 0.2) is 11.3 Å². The number of likely N-dealkylation sites (tertiary alicyclic amines) is 1. The van der Waals surface area contributed by atoms with Crippen LogP contribution in [0.4, 0.5) is 0 Å². The summed E-state index contributed by atoms with van der Waals surface area (Å²) >= 11 is 0. The third-order valence-corrected chi connectivity index (χ3v) is 3.86. The Morgan fingerprint density at radius 3 is 2.55 bits per heavy atom. The number of hydrogen-bond acceptors (Lipinski definition) is 4. The quantitative estimate of drug-likeness (QED) is 0.422. The summed E-state index contributed by atoms with van der Waals surface area (Å²) in [5.41, 5.74) is 0. The minimum absolute atomic E-state index is 0. The largest absolute Gasteiger partial charge is 0.355 e. The highest BCUT2D eigenvalue weighted by Gasteiger charge is 2.08. The van der Waals surface area contributed by atoms with Crippen molar-refractivity contribution in [3.8, 4) is 0 Å². The van der Waals surface area contributed by atoms with Crippen molar-refractivity contribution in [2.45, 2.75) is 32.2 Å². The molecular formula is C14H28IN7. The van der Waals surface area contributed by atoms with Crippen molar-refractivity contribution in [2.75, 3.05) is 33.2 Å². The maximum atomic E-state index is 4.24. The highest BCUT2D eigenvalue weighted by molar-refractivity contribution is 14.0. The molecule has 0 amide bonds. The van der Waals surface area contributed by atoms with Crippen LogP contribution >= 0.6 is 24.0 Å². The molecule has 1 aromatic heterocycles. The summed E-state index contributed by atoms with van der Waals surface area (Å²) in [4.78, 5) is 11.0. The van der Waals surface area contributed by atoms with E-state index in [1.807, 2.05) is 7.05 Å². The fourth-order valence-corrected chi connectivity index (χ4v) is 2.56. The number of aliphatic imine (C=N–C) groups is 1. The second kappa shape index (κ2) is 10.8. The Morgan fingerprint density at radius 2 is 1.95 bits per heavy atom. The molecule has 1 aliphatic heterocycles. The van der Waals surface area contributed by atoms with Crippen molar-refractivity contribution < 1.29 is 0 Å². The zero-order chi connectivity index (χ0) is 14.9. The van der Waals surface area contributed by atoms with Crippen molar-refractivity contribution >= 4 is 29.9 Å². The lowest BCUT2D eigenvalue weighted by Gasteiger charge is -2.20. The van der Waals surface area contributed by atoms with E-state index >= 15 is 0 Å². The van der Waals surface area contributed by atoms with E-state index in [4.69, 9.17) is 0 Å². The third kappa shape index (κ3) is 6.47. The zero-order valence-electron chi connectivity index (χ0n) is 13.6. The minimum atomic E-state index is 0. The minimum Gasteiger partial charge on any atom is -0.355 e. The first-order chi connectivity index (χ1) is 10.3. The number of halogens is 1. The lowest BCUT2D eigenvalue weighted by Crippen LogP contribution is -2.41. The predicted molar refractivity (Wildman–Crippen MR) is 99.5 cm³/mol. The number of nitrogens with one attached hydrogen (secondary N) is 2. The maximum Gasteiger partial charge on any atom is 0.191 e. The fraction of sp³-hybridized carbons (Fsp3) is 0.786. The molecule has 0 saturated carbocycles. The molecule has 1 aliphatic rings. The van der Waals surface area contributed by atoms with Crippen LogP contribution in [-0.2, 0) is 13.6 Å². The van der Waals surface area contributed by atoms with E-state index in [9.17, 15) is 0 Å². The molecule has 7 nitrogen and oxygen atoms in total. The van der Waals surface area contributed by atoms with Gasteiger partial charge in [0.2, 0.25) is 0 Å². The Hall–Kier alpha value is -0.900. The molecule has 1 aromatic rings. The summed E-state index contributed by atoms with van der Waals surface area (Å²) in [6.07, 6.45) is 6.99. The summed E-state index contributed by atoms with van der Waals surface area (Å²) in [5.74, 6) is 1.71. The van der Waals surface area contributed by atoms with Gasteiger partial charge in [0.1, 0.15) is 12.2 Å². The van der Waals surface area contributed by atoms with Gasteiger partial charge in [-0.3, -0.25) is 9.67 Å². The lowest BCUT2D eigenvalue weighted by atomic mass is 10.2. The monoisotopic (exact) mass is 421 g/mol. The molecule has 2 heterocycles. The van der Waals surface area contributed by atoms with Gasteiger partial charge < -0.3 is 15.5 Å². The van der Waals surface area contributed by atoms with Gasteiger partial charge >= 0.3 is 0 Å². The van der Waals surface area contributed by atoms with Gasteiger partial charge in [0, 0.05) is 27.2 Å². The molecule has 1 fully saturated rings. The van der Waals surface area contributed by atoms with Crippen LogP contribution in [0, 0.1) is 0 Å². The average molecular weight is 421 g/mol. The van der Waals surface area contributed by atoms with Gasteiger partial charge in [-0.05, 0) is 25.9 Å². The Morgan fingerprint density at radius 1 is 1.23 bits per heavy atom. The standard InChI is InChI=1S/C14H27N7.HI/c1-15-14(17-11-13-18-12-19-20(13)2)16-7-10-21-8-5-3-4-6-9-21;/h12H,3-11H2,1-2H3,(H2,15,16,17);1H. The first-order valence-electron chi connectivity index (χ1n) is 7.79. The molecule has 0 aliphatic carbocycles. The van der Waals surface area contributed by atoms with Gasteiger partial charge in [0.25, 0.3) is 0 Å². The topological polar surface area (TPSA) is 70.4 Å². The van der Waals surface area contributed by atoms with E-state index in [-0.39, 0.29) is 24.0 Å². The van der Waals surface area contributed by atoms with Gasteiger partial charge in [0.05, 0.1) is 6.54 Å². The van der Waals surface area contributed by atoms with Gasteiger partial charge in [-0.1, -0.05) is 12.8 Å². The molecular weight excluding hydrogens is 393 g/mol. The Bertz CT molecular complexity index is 438. The van der Waals surface area contributed by atoms with E-state index < -0.39 is 0 Å². The molecule has 2 N–H and O–H groups in total. The normalized spacial score (nSPS) is 16.7. The first kappa shape index (κ1) is 19.1. The Kier molecular flexibility index (Phi) is 9.37. The summed E-state index contributed by atoms with van der Waals surface area (Å²) < 4.78 is 1.76. The van der Waals surface area contributed by atoms with Crippen molar-refractivity contribution in [3.63, 3.8) is 0 Å². The van der Waals surface area contributed by atoms with Crippen LogP contribution in [0.25, 0.3) is 0 Å². The molecule has 22 heavy (non-hydrogen) atoms. The number of hydrogen-bond donors (Lipinski definition) is 2. The van der Waals surface area contributed by atoms with E-state index in [0.717, 1.165) is 24.9 Å². The van der Waals surface area contributed by atoms with Crippen LogP contribution in [0.3, 0.4) is 0 Å². The van der Waals surface area contributed by atoms with Crippen molar-refractivity contribution in [2.24, 2.45) is 12.0 Å². The first-order valence-corrected chi connectivity index (χ1v) is 7.79. The van der Waals surface area contributed by atoms with Crippen LogP contribution in [0.2, 0.25) is 0 Å². The van der Waals surface area contributed by atoms with Gasteiger partial charge in [-0.2, -0.15) is 5.10 Å². The molecule has 0 radical (unpaired) electrons. The number of nitrogens with zero attached hydrogens (tertiary/aromatic N) is 5. The number of rotatable bonds is 5. The maximum absolute atomic E-state index is 4.24. The predicted octanol–water partition coefficient (Wildman–Crippen LogP) is 0.974. The van der Waals surface area contributed by atoms with Crippen LogP contribution in [0.5, 0.6) is 0 Å². The highest BCUT2D eigenvalue weighted by Crippen LogP contribution is 2.08. The van der Waals surface area contributed by atoms with Crippen molar-refractivity contribution in [1.82, 2.24) is 30.3 Å². The number of aryl methyl sites for hydroxylation is 1. The second-order valence-corrected chi connectivity index (χ2v) is 5.41. The average Bonchev–Trinajstić information content (AvgIpc) is 2.75. The van der Waals surface area contributed by atoms with Gasteiger partial charge in [-0.25, -0.2) is 4.98 Å². The molecule has 0 spiro atoms. The van der Waals surface area contributed by atoms with Crippen molar-refractivity contribution in [1.29, 1.82) is 0 Å². The summed E-state index contributed by atoms with van der Waals surface area (Å²) in [6, 6.07) is 0. The summed E-state index contributed by atoms with van der Waals surface area (Å²) in [5, 5.41) is 10.7. The van der Waals surface area contributed by atoms with E-state index in [1.165, 1.54) is 38.8 Å².